The van der Waals surface area contributed by atoms with Crippen molar-refractivity contribution in [1.82, 2.24) is 14.5 Å². The van der Waals surface area contributed by atoms with Gasteiger partial charge in [-0.05, 0) is 44.6 Å². The molecule has 3 rings (SSSR count). The molecular weight excluding hydrogens is 278 g/mol. The van der Waals surface area contributed by atoms with Crippen molar-refractivity contribution in [2.24, 2.45) is 0 Å². The highest BCUT2D eigenvalue weighted by atomic mass is 35.5. The quantitative estimate of drug-likeness (QED) is 0.804. The number of aromatic nitrogens is 3. The second-order valence-corrected chi connectivity index (χ2v) is 6.56. The summed E-state index contributed by atoms with van der Waals surface area (Å²) in [6, 6.07) is 4.56. The molecule has 0 amide bonds. The van der Waals surface area contributed by atoms with Crippen LogP contribution in [-0.2, 0) is 5.88 Å². The van der Waals surface area contributed by atoms with Crippen molar-refractivity contribution < 1.29 is 0 Å². The molecule has 19 heavy (non-hydrogen) atoms. The Labute approximate surface area is 122 Å². The van der Waals surface area contributed by atoms with E-state index in [4.69, 9.17) is 11.6 Å². The minimum absolute atomic E-state index is 0.454. The molecular formula is C14H18ClN3S. The summed E-state index contributed by atoms with van der Waals surface area (Å²) in [4.78, 5) is 9.30. The van der Waals surface area contributed by atoms with Crippen molar-refractivity contribution in [3.63, 3.8) is 0 Å². The molecule has 1 saturated carbocycles. The predicted molar refractivity (Wildman–Crippen MR) is 82.0 cm³/mol. The lowest BCUT2D eigenvalue weighted by Crippen LogP contribution is -2.10. The maximum atomic E-state index is 6.08. The highest BCUT2D eigenvalue weighted by molar-refractivity contribution is 7.99. The molecule has 0 aromatic carbocycles. The van der Waals surface area contributed by atoms with E-state index in [2.05, 4.69) is 20.8 Å². The highest BCUT2D eigenvalue weighted by Crippen LogP contribution is 2.38. The van der Waals surface area contributed by atoms with Gasteiger partial charge in [0.25, 0.3) is 0 Å². The average molecular weight is 296 g/mol. The third-order valence-corrected chi connectivity index (χ3v) is 5.26. The number of thioether (sulfide) groups is 1. The van der Waals surface area contributed by atoms with Crippen LogP contribution in [0.25, 0.3) is 11.2 Å². The Bertz CT molecular complexity index is 596. The zero-order chi connectivity index (χ0) is 13.4. The van der Waals surface area contributed by atoms with Gasteiger partial charge in [0.1, 0.15) is 11.3 Å². The van der Waals surface area contributed by atoms with Crippen molar-refractivity contribution in [3.05, 3.63) is 23.7 Å². The van der Waals surface area contributed by atoms with E-state index in [1.807, 2.05) is 30.8 Å². The molecule has 2 unspecified atom stereocenters. The minimum atomic E-state index is 0.454. The molecule has 2 atom stereocenters. The number of nitrogens with zero attached hydrogens (tertiary/aromatic N) is 3. The van der Waals surface area contributed by atoms with Crippen LogP contribution in [0, 0.1) is 6.92 Å². The fourth-order valence-corrected chi connectivity index (χ4v) is 3.93. The van der Waals surface area contributed by atoms with Gasteiger partial charge in [0.2, 0.25) is 0 Å². The number of alkyl halides is 1. The Hall–Kier alpha value is -0.740. The Morgan fingerprint density at radius 2 is 2.21 bits per heavy atom. The largest absolute Gasteiger partial charge is 0.309 e. The summed E-state index contributed by atoms with van der Waals surface area (Å²) in [5.74, 6) is 1.41. The number of halogens is 1. The molecule has 1 aliphatic carbocycles. The normalized spacial score (nSPS) is 23.3. The lowest BCUT2D eigenvalue weighted by molar-refractivity contribution is 0.516. The molecule has 0 saturated heterocycles. The first-order chi connectivity index (χ1) is 9.22. The van der Waals surface area contributed by atoms with Crippen molar-refractivity contribution in [2.75, 3.05) is 6.26 Å². The zero-order valence-electron chi connectivity index (χ0n) is 11.3. The number of imidazole rings is 1. The maximum Gasteiger partial charge on any atom is 0.160 e. The summed E-state index contributed by atoms with van der Waals surface area (Å²) in [6.07, 6.45) is 5.88. The monoisotopic (exact) mass is 295 g/mol. The summed E-state index contributed by atoms with van der Waals surface area (Å²) < 4.78 is 2.28. The lowest BCUT2D eigenvalue weighted by Gasteiger charge is -2.15. The van der Waals surface area contributed by atoms with Gasteiger partial charge in [-0.2, -0.15) is 11.8 Å². The average Bonchev–Trinajstić information content (AvgIpc) is 3.01. The van der Waals surface area contributed by atoms with Gasteiger partial charge in [0.15, 0.2) is 5.65 Å². The second-order valence-electron chi connectivity index (χ2n) is 5.15. The van der Waals surface area contributed by atoms with Gasteiger partial charge < -0.3 is 4.57 Å². The molecule has 2 aromatic rings. The topological polar surface area (TPSA) is 30.7 Å². The number of hydrogen-bond acceptors (Lipinski definition) is 3. The minimum Gasteiger partial charge on any atom is -0.309 e. The Balaban J connectivity index is 2.08. The number of fused-ring (bicyclic) bond motifs is 1. The predicted octanol–water partition coefficient (Wildman–Crippen LogP) is 3.94. The highest BCUT2D eigenvalue weighted by Gasteiger charge is 2.28. The molecule has 2 heterocycles. The Morgan fingerprint density at radius 1 is 1.37 bits per heavy atom. The van der Waals surface area contributed by atoms with Crippen LogP contribution >= 0.6 is 23.4 Å². The molecule has 3 nitrogen and oxygen atoms in total. The van der Waals surface area contributed by atoms with E-state index < -0.39 is 0 Å². The third kappa shape index (κ3) is 2.36. The summed E-state index contributed by atoms with van der Waals surface area (Å²) in [6.45, 7) is 2.02. The summed E-state index contributed by atoms with van der Waals surface area (Å²) >= 11 is 8.04. The van der Waals surface area contributed by atoms with Crippen LogP contribution in [0.2, 0.25) is 0 Å². The Kier molecular flexibility index (Phi) is 3.72. The third-order valence-electron chi connectivity index (χ3n) is 3.92. The number of hydrogen-bond donors (Lipinski definition) is 0. The van der Waals surface area contributed by atoms with E-state index in [1.54, 1.807) is 0 Å². The molecule has 0 spiro atoms. The number of aryl methyl sites for hydroxylation is 1. The zero-order valence-corrected chi connectivity index (χ0v) is 12.8. The molecule has 102 valence electrons. The molecule has 1 fully saturated rings. The Morgan fingerprint density at radius 3 is 2.89 bits per heavy atom. The fourth-order valence-electron chi connectivity index (χ4n) is 2.96. The fraction of sp³-hybridized carbons (Fsp3) is 0.571. The lowest BCUT2D eigenvalue weighted by atomic mass is 10.2. The van der Waals surface area contributed by atoms with Gasteiger partial charge in [-0.15, -0.1) is 11.6 Å². The second kappa shape index (κ2) is 5.33. The van der Waals surface area contributed by atoms with E-state index in [0.29, 0.717) is 11.9 Å². The smallest absolute Gasteiger partial charge is 0.160 e. The van der Waals surface area contributed by atoms with Crippen molar-refractivity contribution in [3.8, 4) is 0 Å². The number of rotatable bonds is 3. The molecule has 5 heteroatoms. The first-order valence-electron chi connectivity index (χ1n) is 6.66. The van der Waals surface area contributed by atoms with Gasteiger partial charge in [0.05, 0.1) is 5.88 Å². The first kappa shape index (κ1) is 13.3. The van der Waals surface area contributed by atoms with Crippen molar-refractivity contribution >= 4 is 34.5 Å². The van der Waals surface area contributed by atoms with E-state index in [0.717, 1.165) is 27.9 Å². The molecule has 1 aliphatic rings. The van der Waals surface area contributed by atoms with Crippen LogP contribution in [0.4, 0.5) is 0 Å². The van der Waals surface area contributed by atoms with Gasteiger partial charge in [-0.25, -0.2) is 9.97 Å². The van der Waals surface area contributed by atoms with Crippen LogP contribution in [0.1, 0.15) is 36.8 Å². The SMILES string of the molecule is CSC1CCC(n2c(CCl)nc3ccc(C)nc32)C1. The van der Waals surface area contributed by atoms with Crippen LogP contribution in [-0.4, -0.2) is 26.0 Å². The van der Waals surface area contributed by atoms with Crippen molar-refractivity contribution in [2.45, 2.75) is 43.4 Å². The molecule has 0 aliphatic heterocycles. The van der Waals surface area contributed by atoms with Crippen LogP contribution in [0.15, 0.2) is 12.1 Å². The molecule has 0 bridgehead atoms. The van der Waals surface area contributed by atoms with Gasteiger partial charge in [-0.1, -0.05) is 0 Å². The summed E-state index contributed by atoms with van der Waals surface area (Å²) in [5, 5.41) is 0.760. The van der Waals surface area contributed by atoms with Crippen LogP contribution in [0.5, 0.6) is 0 Å². The first-order valence-corrected chi connectivity index (χ1v) is 8.48. The van der Waals surface area contributed by atoms with Crippen molar-refractivity contribution in [1.29, 1.82) is 0 Å². The maximum absolute atomic E-state index is 6.08. The van der Waals surface area contributed by atoms with Gasteiger partial charge in [-0.3, -0.25) is 0 Å². The van der Waals surface area contributed by atoms with Crippen LogP contribution < -0.4 is 0 Å². The van der Waals surface area contributed by atoms with E-state index in [9.17, 15) is 0 Å². The van der Waals surface area contributed by atoms with Crippen LogP contribution in [0.3, 0.4) is 0 Å². The van der Waals surface area contributed by atoms with Gasteiger partial charge in [0, 0.05) is 17.0 Å². The molecule has 2 aromatic heterocycles. The summed E-state index contributed by atoms with van der Waals surface area (Å²) in [7, 11) is 0. The standard InChI is InChI=1S/C14H18ClN3S/c1-9-3-6-12-14(16-9)18(13(8-15)17-12)10-4-5-11(7-10)19-2/h3,6,10-11H,4-5,7-8H2,1-2H3. The van der Waals surface area contributed by atoms with E-state index >= 15 is 0 Å². The summed E-state index contributed by atoms with van der Waals surface area (Å²) in [5.41, 5.74) is 3.01. The van der Waals surface area contributed by atoms with Gasteiger partial charge >= 0.3 is 0 Å². The molecule has 0 N–H and O–H groups in total. The van der Waals surface area contributed by atoms with E-state index in [1.165, 1.54) is 19.3 Å². The van der Waals surface area contributed by atoms with E-state index in [-0.39, 0.29) is 0 Å². The molecule has 0 radical (unpaired) electrons. The number of pyridine rings is 1.